The van der Waals surface area contributed by atoms with Crippen LogP contribution in [-0.4, -0.2) is 35.7 Å². The predicted molar refractivity (Wildman–Crippen MR) is 78.8 cm³/mol. The second kappa shape index (κ2) is 6.03. The average Bonchev–Trinajstić information content (AvgIpc) is 2.46. The van der Waals surface area contributed by atoms with Gasteiger partial charge in [0.2, 0.25) is 0 Å². The van der Waals surface area contributed by atoms with Crippen LogP contribution < -0.4 is 15.4 Å². The van der Waals surface area contributed by atoms with E-state index in [1.54, 1.807) is 12.1 Å². The molecule has 0 aromatic heterocycles. The molecular formula is C15H20N2O4. The molecule has 1 heterocycles. The van der Waals surface area contributed by atoms with Crippen LogP contribution in [0.15, 0.2) is 18.2 Å². The van der Waals surface area contributed by atoms with Crippen molar-refractivity contribution < 1.29 is 19.4 Å². The van der Waals surface area contributed by atoms with Gasteiger partial charge in [-0.1, -0.05) is 19.4 Å². The van der Waals surface area contributed by atoms with Crippen molar-refractivity contribution in [2.45, 2.75) is 32.2 Å². The molecule has 1 aromatic rings. The van der Waals surface area contributed by atoms with Crippen molar-refractivity contribution in [2.75, 3.05) is 18.5 Å². The summed E-state index contributed by atoms with van der Waals surface area (Å²) in [6.45, 7) is 4.55. The highest BCUT2D eigenvalue weighted by Gasteiger charge is 2.35. The minimum absolute atomic E-state index is 0.350. The maximum Gasteiger partial charge on any atom is 0.329 e. The number of ether oxygens (including phenoxy) is 1. The molecule has 1 aliphatic rings. The van der Waals surface area contributed by atoms with Crippen molar-refractivity contribution >= 4 is 17.6 Å². The Kier molecular flexibility index (Phi) is 4.35. The first-order chi connectivity index (χ1) is 9.98. The molecule has 0 radical (unpaired) electrons. The third kappa shape index (κ3) is 3.09. The molecule has 6 heteroatoms. The van der Waals surface area contributed by atoms with Crippen molar-refractivity contribution in [1.29, 1.82) is 0 Å². The Bertz CT molecular complexity index is 559. The number of hydrogen-bond donors (Lipinski definition) is 3. The minimum Gasteiger partial charge on any atom is -0.489 e. The number of nitrogens with one attached hydrogen (secondary N) is 2. The lowest BCUT2D eigenvalue weighted by Crippen LogP contribution is -2.52. The molecule has 0 fully saturated rings. The molecular weight excluding hydrogens is 272 g/mol. The van der Waals surface area contributed by atoms with Gasteiger partial charge >= 0.3 is 5.97 Å². The molecule has 0 saturated carbocycles. The van der Waals surface area contributed by atoms with Gasteiger partial charge in [0.25, 0.3) is 5.91 Å². The van der Waals surface area contributed by atoms with Crippen molar-refractivity contribution in [3.8, 4) is 5.75 Å². The highest BCUT2D eigenvalue weighted by atomic mass is 16.5. The summed E-state index contributed by atoms with van der Waals surface area (Å²) in [5.74, 6) is -0.999. The van der Waals surface area contributed by atoms with E-state index >= 15 is 0 Å². The van der Waals surface area contributed by atoms with E-state index in [0.717, 1.165) is 5.69 Å². The number of carbonyl (C=O) groups is 2. The minimum atomic E-state index is -1.28. The van der Waals surface area contributed by atoms with Gasteiger partial charge in [-0.2, -0.15) is 0 Å². The number of para-hydroxylation sites is 1. The van der Waals surface area contributed by atoms with E-state index in [4.69, 9.17) is 4.74 Å². The Morgan fingerprint density at radius 1 is 1.48 bits per heavy atom. The molecule has 3 N–H and O–H groups in total. The maximum absolute atomic E-state index is 12.4. The Hall–Kier alpha value is -2.24. The summed E-state index contributed by atoms with van der Waals surface area (Å²) in [6.07, 6.45) is 1.02. The number of rotatable bonds is 5. The lowest BCUT2D eigenvalue weighted by atomic mass is 9.95. The van der Waals surface area contributed by atoms with Gasteiger partial charge in [-0.25, -0.2) is 4.79 Å². The van der Waals surface area contributed by atoms with Crippen molar-refractivity contribution in [1.82, 2.24) is 5.32 Å². The van der Waals surface area contributed by atoms with E-state index in [9.17, 15) is 14.7 Å². The molecule has 0 spiro atoms. The molecule has 0 saturated heterocycles. The predicted octanol–water partition coefficient (Wildman–Crippen LogP) is 1.86. The van der Waals surface area contributed by atoms with Crippen LogP contribution in [-0.2, 0) is 4.79 Å². The Morgan fingerprint density at radius 3 is 2.90 bits per heavy atom. The van der Waals surface area contributed by atoms with E-state index < -0.39 is 17.4 Å². The Morgan fingerprint density at radius 2 is 2.24 bits per heavy atom. The average molecular weight is 292 g/mol. The summed E-state index contributed by atoms with van der Waals surface area (Å²) in [7, 11) is 0. The largest absolute Gasteiger partial charge is 0.489 e. The third-order valence-corrected chi connectivity index (χ3v) is 3.54. The van der Waals surface area contributed by atoms with Gasteiger partial charge in [-0.3, -0.25) is 4.79 Å². The van der Waals surface area contributed by atoms with Crippen LogP contribution in [0.25, 0.3) is 0 Å². The van der Waals surface area contributed by atoms with Gasteiger partial charge in [-0.05, 0) is 25.5 Å². The molecule has 1 aliphatic heterocycles. The number of carboxylic acids is 1. The summed E-state index contributed by atoms with van der Waals surface area (Å²) in [6, 6.07) is 5.20. The molecule has 6 nitrogen and oxygen atoms in total. The monoisotopic (exact) mass is 292 g/mol. The molecule has 114 valence electrons. The van der Waals surface area contributed by atoms with E-state index in [2.05, 4.69) is 10.6 Å². The first kappa shape index (κ1) is 15.2. The van der Waals surface area contributed by atoms with Gasteiger partial charge in [0.1, 0.15) is 12.1 Å². The molecule has 1 atom stereocenters. The van der Waals surface area contributed by atoms with E-state index in [-0.39, 0.29) is 0 Å². The lowest BCUT2D eigenvalue weighted by molar-refractivity contribution is -0.144. The molecule has 2 rings (SSSR count). The zero-order valence-electron chi connectivity index (χ0n) is 12.2. The first-order valence-corrected chi connectivity index (χ1v) is 7.03. The molecule has 0 bridgehead atoms. The molecule has 1 unspecified atom stereocenters. The Labute approximate surface area is 123 Å². The quantitative estimate of drug-likeness (QED) is 0.771. The van der Waals surface area contributed by atoms with E-state index in [0.29, 0.717) is 37.3 Å². The van der Waals surface area contributed by atoms with E-state index in [1.807, 2.05) is 13.0 Å². The molecule has 21 heavy (non-hydrogen) atoms. The number of amides is 1. The number of carboxylic acid groups (broad SMARTS) is 1. The summed E-state index contributed by atoms with van der Waals surface area (Å²) in [5, 5.41) is 15.1. The fourth-order valence-electron chi connectivity index (χ4n) is 2.39. The van der Waals surface area contributed by atoms with E-state index in [1.165, 1.54) is 6.92 Å². The highest BCUT2D eigenvalue weighted by molar-refractivity contribution is 6.01. The number of anilines is 1. The van der Waals surface area contributed by atoms with Gasteiger partial charge in [-0.15, -0.1) is 0 Å². The van der Waals surface area contributed by atoms with Crippen LogP contribution in [0.5, 0.6) is 5.75 Å². The van der Waals surface area contributed by atoms with Crippen LogP contribution in [0.4, 0.5) is 5.69 Å². The first-order valence-electron chi connectivity index (χ1n) is 7.03. The van der Waals surface area contributed by atoms with Crippen LogP contribution in [0.2, 0.25) is 0 Å². The van der Waals surface area contributed by atoms with Crippen LogP contribution >= 0.6 is 0 Å². The van der Waals surface area contributed by atoms with Gasteiger partial charge < -0.3 is 20.5 Å². The van der Waals surface area contributed by atoms with Gasteiger partial charge in [0.05, 0.1) is 11.3 Å². The number of hydrogen-bond acceptors (Lipinski definition) is 4. The van der Waals surface area contributed by atoms with Gasteiger partial charge in [0, 0.05) is 6.54 Å². The molecule has 1 amide bonds. The highest BCUT2D eigenvalue weighted by Crippen LogP contribution is 2.31. The number of benzene rings is 1. The number of aliphatic carboxylic acids is 1. The topological polar surface area (TPSA) is 87.7 Å². The molecule has 0 aliphatic carbocycles. The van der Waals surface area contributed by atoms with Crippen molar-refractivity contribution in [3.05, 3.63) is 23.8 Å². The van der Waals surface area contributed by atoms with Crippen molar-refractivity contribution in [3.63, 3.8) is 0 Å². The summed E-state index contributed by atoms with van der Waals surface area (Å²) in [4.78, 5) is 23.8. The zero-order valence-corrected chi connectivity index (χ0v) is 12.2. The van der Waals surface area contributed by atoms with Crippen molar-refractivity contribution in [2.24, 2.45) is 0 Å². The number of carbonyl (C=O) groups excluding carboxylic acids is 1. The summed E-state index contributed by atoms with van der Waals surface area (Å²) >= 11 is 0. The Balaban J connectivity index is 2.26. The third-order valence-electron chi connectivity index (χ3n) is 3.54. The van der Waals surface area contributed by atoms with Gasteiger partial charge in [0.15, 0.2) is 5.75 Å². The smallest absolute Gasteiger partial charge is 0.329 e. The standard InChI is InChI=1S/C15H20N2O4/c1-3-7-15(2,14(19)20)17-13(18)10-5-4-6-11-12(10)21-9-8-16-11/h4-6,16H,3,7-9H2,1-2H3,(H,17,18)(H,19,20). The van der Waals surface area contributed by atoms with Crippen LogP contribution in [0.3, 0.4) is 0 Å². The molecule has 1 aromatic carbocycles. The second-order valence-electron chi connectivity index (χ2n) is 5.30. The summed E-state index contributed by atoms with van der Waals surface area (Å²) < 4.78 is 5.54. The maximum atomic E-state index is 12.4. The zero-order chi connectivity index (χ0) is 15.5. The second-order valence-corrected chi connectivity index (χ2v) is 5.30. The number of fused-ring (bicyclic) bond motifs is 1. The van der Waals surface area contributed by atoms with Crippen LogP contribution in [0, 0.1) is 0 Å². The fraction of sp³-hybridized carbons (Fsp3) is 0.467. The lowest BCUT2D eigenvalue weighted by Gasteiger charge is -2.27. The fourth-order valence-corrected chi connectivity index (χ4v) is 2.39. The summed E-state index contributed by atoms with van der Waals surface area (Å²) in [5.41, 5.74) is -0.180. The normalized spacial score (nSPS) is 15.9. The van der Waals surface area contributed by atoms with Crippen LogP contribution in [0.1, 0.15) is 37.0 Å². The SMILES string of the molecule is CCCC(C)(NC(=O)c1cccc2c1OCCN2)C(=O)O.